The normalized spacial score (nSPS) is 20.3. The van der Waals surface area contributed by atoms with Gasteiger partial charge < -0.3 is 9.47 Å². The number of aromatic nitrogens is 3. The Hall–Kier alpha value is -1.69. The van der Waals surface area contributed by atoms with Gasteiger partial charge in [-0.2, -0.15) is 0 Å². The van der Waals surface area contributed by atoms with E-state index >= 15 is 0 Å². The van der Waals surface area contributed by atoms with Crippen LogP contribution in [0.5, 0.6) is 0 Å². The summed E-state index contributed by atoms with van der Waals surface area (Å²) in [6.07, 6.45) is 4.25. The maximum Gasteiger partial charge on any atom is 0.255 e. The van der Waals surface area contributed by atoms with Gasteiger partial charge in [0, 0.05) is 29.8 Å². The smallest absolute Gasteiger partial charge is 0.255 e. The van der Waals surface area contributed by atoms with Gasteiger partial charge in [-0.1, -0.05) is 13.8 Å². The Morgan fingerprint density at radius 3 is 3.09 bits per heavy atom. The van der Waals surface area contributed by atoms with Crippen molar-refractivity contribution in [2.24, 2.45) is 5.92 Å². The van der Waals surface area contributed by atoms with Crippen molar-refractivity contribution in [3.05, 3.63) is 33.0 Å². The highest BCUT2D eigenvalue weighted by Gasteiger charge is 2.29. The molecule has 0 saturated heterocycles. The van der Waals surface area contributed by atoms with Crippen LogP contribution < -0.4 is 0 Å². The van der Waals surface area contributed by atoms with Crippen molar-refractivity contribution >= 4 is 17.2 Å². The zero-order valence-corrected chi connectivity index (χ0v) is 14.5. The van der Waals surface area contributed by atoms with Crippen molar-refractivity contribution in [3.8, 4) is 0 Å². The summed E-state index contributed by atoms with van der Waals surface area (Å²) in [5, 5.41) is 10.6. The van der Waals surface area contributed by atoms with Crippen LogP contribution in [0.25, 0.3) is 0 Å². The Morgan fingerprint density at radius 1 is 1.39 bits per heavy atom. The van der Waals surface area contributed by atoms with Crippen LogP contribution in [0.1, 0.15) is 52.7 Å². The van der Waals surface area contributed by atoms with E-state index in [-0.39, 0.29) is 5.91 Å². The second-order valence-electron chi connectivity index (χ2n) is 6.66. The molecule has 0 fully saturated rings. The number of carbonyl (C=O) groups is 1. The number of amides is 1. The van der Waals surface area contributed by atoms with Crippen LogP contribution in [0.2, 0.25) is 0 Å². The number of nitrogens with zero attached hydrogens (tertiary/aromatic N) is 4. The van der Waals surface area contributed by atoms with Crippen molar-refractivity contribution < 1.29 is 4.79 Å². The topological polar surface area (TPSA) is 51.0 Å². The van der Waals surface area contributed by atoms with Gasteiger partial charge in [0.15, 0.2) is 5.82 Å². The average Bonchev–Trinajstić information content (AvgIpc) is 3.16. The van der Waals surface area contributed by atoms with Crippen LogP contribution in [-0.4, -0.2) is 32.1 Å². The lowest BCUT2D eigenvalue weighted by atomic mass is 9.88. The standard InChI is InChI=1S/C17H22N4OS/c1-3-15-18-19-16-9-20(6-7-21(15)16)17(22)13-10-23-14-8-11(2)4-5-12(13)14/h10-11H,3-9H2,1-2H3/t11-/m0/s1. The lowest BCUT2D eigenvalue weighted by molar-refractivity contribution is 0.0705. The monoisotopic (exact) mass is 330 g/mol. The molecule has 0 bridgehead atoms. The second kappa shape index (κ2) is 5.74. The van der Waals surface area contributed by atoms with E-state index in [0.717, 1.165) is 55.5 Å². The minimum Gasteiger partial charge on any atom is -0.329 e. The summed E-state index contributed by atoms with van der Waals surface area (Å²) in [7, 11) is 0. The molecule has 5 nitrogen and oxygen atoms in total. The maximum absolute atomic E-state index is 13.0. The molecule has 122 valence electrons. The van der Waals surface area contributed by atoms with E-state index in [9.17, 15) is 4.79 Å². The van der Waals surface area contributed by atoms with Crippen LogP contribution in [0.4, 0.5) is 0 Å². The average molecular weight is 330 g/mol. The van der Waals surface area contributed by atoms with Gasteiger partial charge in [0.25, 0.3) is 5.91 Å². The third-order valence-electron chi connectivity index (χ3n) is 5.07. The summed E-state index contributed by atoms with van der Waals surface area (Å²) >= 11 is 1.76. The van der Waals surface area contributed by atoms with Crippen LogP contribution in [0.3, 0.4) is 0 Å². The molecule has 1 aliphatic heterocycles. The lowest BCUT2D eigenvalue weighted by Gasteiger charge is -2.28. The minimum atomic E-state index is 0.171. The van der Waals surface area contributed by atoms with E-state index < -0.39 is 0 Å². The second-order valence-corrected chi connectivity index (χ2v) is 7.63. The Kier molecular flexibility index (Phi) is 3.71. The number of hydrogen-bond donors (Lipinski definition) is 0. The Labute approximate surface area is 140 Å². The van der Waals surface area contributed by atoms with Crippen molar-refractivity contribution in [2.45, 2.75) is 52.6 Å². The van der Waals surface area contributed by atoms with Gasteiger partial charge in [0.1, 0.15) is 5.82 Å². The van der Waals surface area contributed by atoms with Crippen LogP contribution in [-0.2, 0) is 32.4 Å². The molecule has 0 spiro atoms. The Balaban J connectivity index is 1.57. The molecule has 0 N–H and O–H groups in total. The SMILES string of the molecule is CCc1nnc2n1CCN(C(=O)c1csc3c1CC[C@H](C)C3)C2. The van der Waals surface area contributed by atoms with Crippen LogP contribution >= 0.6 is 11.3 Å². The lowest BCUT2D eigenvalue weighted by Crippen LogP contribution is -2.39. The van der Waals surface area contributed by atoms with Gasteiger partial charge in [-0.25, -0.2) is 0 Å². The third kappa shape index (κ3) is 2.49. The molecular weight excluding hydrogens is 308 g/mol. The number of aryl methyl sites for hydroxylation is 1. The summed E-state index contributed by atoms with van der Waals surface area (Å²) in [6, 6.07) is 0. The molecule has 0 saturated carbocycles. The van der Waals surface area contributed by atoms with E-state index in [0.29, 0.717) is 6.54 Å². The van der Waals surface area contributed by atoms with Crippen molar-refractivity contribution in [3.63, 3.8) is 0 Å². The first-order valence-corrected chi connectivity index (χ1v) is 9.34. The highest BCUT2D eigenvalue weighted by Crippen LogP contribution is 2.33. The largest absolute Gasteiger partial charge is 0.329 e. The molecule has 6 heteroatoms. The molecule has 1 atom stereocenters. The first-order chi connectivity index (χ1) is 11.2. The van der Waals surface area contributed by atoms with Gasteiger partial charge >= 0.3 is 0 Å². The summed E-state index contributed by atoms with van der Waals surface area (Å²) in [5.74, 6) is 2.85. The van der Waals surface area contributed by atoms with E-state index in [2.05, 4.69) is 34.0 Å². The number of thiophene rings is 1. The van der Waals surface area contributed by atoms with Gasteiger partial charge in [-0.15, -0.1) is 21.5 Å². The highest BCUT2D eigenvalue weighted by atomic mass is 32.1. The van der Waals surface area contributed by atoms with Crippen LogP contribution in [0, 0.1) is 5.92 Å². The summed E-state index contributed by atoms with van der Waals surface area (Å²) < 4.78 is 2.16. The Morgan fingerprint density at radius 2 is 2.26 bits per heavy atom. The quantitative estimate of drug-likeness (QED) is 0.851. The fraction of sp³-hybridized carbons (Fsp3) is 0.588. The van der Waals surface area contributed by atoms with Crippen LogP contribution in [0.15, 0.2) is 5.38 Å². The molecule has 1 amide bonds. The summed E-state index contributed by atoms with van der Waals surface area (Å²) in [6.45, 7) is 6.52. The van der Waals surface area contributed by atoms with Crippen molar-refractivity contribution in [1.29, 1.82) is 0 Å². The molecule has 2 aromatic rings. The van der Waals surface area contributed by atoms with E-state index in [1.165, 1.54) is 16.9 Å². The molecule has 0 unspecified atom stereocenters. The highest BCUT2D eigenvalue weighted by molar-refractivity contribution is 7.10. The van der Waals surface area contributed by atoms with E-state index in [1.807, 2.05) is 4.90 Å². The molecular formula is C17H22N4OS. The molecule has 4 rings (SSSR count). The molecule has 1 aliphatic carbocycles. The minimum absolute atomic E-state index is 0.171. The molecule has 0 aromatic carbocycles. The predicted octanol–water partition coefficient (Wildman–Crippen LogP) is 2.68. The predicted molar refractivity (Wildman–Crippen MR) is 89.6 cm³/mol. The van der Waals surface area contributed by atoms with Gasteiger partial charge in [-0.3, -0.25) is 4.79 Å². The van der Waals surface area contributed by atoms with E-state index in [4.69, 9.17) is 0 Å². The summed E-state index contributed by atoms with van der Waals surface area (Å²) in [4.78, 5) is 16.3. The van der Waals surface area contributed by atoms with Gasteiger partial charge in [0.05, 0.1) is 12.1 Å². The van der Waals surface area contributed by atoms with Gasteiger partial charge in [0.2, 0.25) is 0 Å². The first-order valence-electron chi connectivity index (χ1n) is 8.46. The molecule has 0 radical (unpaired) electrons. The molecule has 2 aliphatic rings. The fourth-order valence-corrected chi connectivity index (χ4v) is 4.92. The van der Waals surface area contributed by atoms with Crippen molar-refractivity contribution in [2.75, 3.05) is 6.54 Å². The number of rotatable bonds is 2. The van der Waals surface area contributed by atoms with Gasteiger partial charge in [-0.05, 0) is 30.7 Å². The van der Waals surface area contributed by atoms with E-state index in [1.54, 1.807) is 11.3 Å². The summed E-state index contributed by atoms with van der Waals surface area (Å²) in [5.41, 5.74) is 2.24. The number of carbonyl (C=O) groups excluding carboxylic acids is 1. The zero-order valence-electron chi connectivity index (χ0n) is 13.7. The number of hydrogen-bond acceptors (Lipinski definition) is 4. The molecule has 2 aromatic heterocycles. The maximum atomic E-state index is 13.0. The zero-order chi connectivity index (χ0) is 16.0. The third-order valence-corrected chi connectivity index (χ3v) is 6.12. The van der Waals surface area contributed by atoms with Crippen molar-refractivity contribution in [1.82, 2.24) is 19.7 Å². The Bertz CT molecular complexity index is 748. The first kappa shape index (κ1) is 14.9. The molecule has 3 heterocycles. The number of fused-ring (bicyclic) bond motifs is 2. The molecule has 23 heavy (non-hydrogen) atoms. The fourth-order valence-electron chi connectivity index (χ4n) is 3.68.